The molecule has 136 valence electrons. The van der Waals surface area contributed by atoms with Gasteiger partial charge in [0.1, 0.15) is 0 Å². The summed E-state index contributed by atoms with van der Waals surface area (Å²) in [6, 6.07) is 5.04. The summed E-state index contributed by atoms with van der Waals surface area (Å²) in [5.41, 5.74) is 0.276. The van der Waals surface area contributed by atoms with Crippen molar-refractivity contribution in [1.29, 1.82) is 0 Å². The van der Waals surface area contributed by atoms with Gasteiger partial charge < -0.3 is 4.74 Å². The third kappa shape index (κ3) is 8.45. The van der Waals surface area contributed by atoms with Crippen LogP contribution in [0.4, 0.5) is 0 Å². The minimum atomic E-state index is -4.23. The van der Waals surface area contributed by atoms with Gasteiger partial charge in [0.2, 0.25) is 0 Å². The first-order valence-corrected chi connectivity index (χ1v) is 10.1. The van der Waals surface area contributed by atoms with Crippen LogP contribution in [0.3, 0.4) is 0 Å². The predicted molar refractivity (Wildman–Crippen MR) is 93.8 cm³/mol. The van der Waals surface area contributed by atoms with Gasteiger partial charge in [-0.3, -0.25) is 4.55 Å². The van der Waals surface area contributed by atoms with Crippen LogP contribution in [0.5, 0.6) is 0 Å². The van der Waals surface area contributed by atoms with E-state index in [1.807, 2.05) is 0 Å². The molecule has 0 spiro atoms. The lowest BCUT2D eigenvalue weighted by molar-refractivity contribution is 0.0497. The number of esters is 1. The fourth-order valence-electron chi connectivity index (χ4n) is 2.42. The van der Waals surface area contributed by atoms with Gasteiger partial charge in [-0.25, -0.2) is 4.79 Å². The number of hydrogen-bond acceptors (Lipinski definition) is 4. The Labute approximate surface area is 145 Å². The van der Waals surface area contributed by atoms with Crippen molar-refractivity contribution in [2.24, 2.45) is 0 Å². The number of benzene rings is 1. The number of ether oxygens (including phenoxy) is 1. The highest BCUT2D eigenvalue weighted by Gasteiger charge is 2.12. The van der Waals surface area contributed by atoms with Crippen molar-refractivity contribution in [2.45, 2.75) is 69.6 Å². The van der Waals surface area contributed by atoms with Crippen molar-refractivity contribution in [2.75, 3.05) is 6.61 Å². The van der Waals surface area contributed by atoms with E-state index < -0.39 is 16.1 Å². The molecular weight excluding hydrogens is 328 g/mol. The molecule has 0 saturated carbocycles. The summed E-state index contributed by atoms with van der Waals surface area (Å²) in [7, 11) is -4.23. The van der Waals surface area contributed by atoms with Crippen molar-refractivity contribution < 1.29 is 22.5 Å². The van der Waals surface area contributed by atoms with Crippen LogP contribution in [0.1, 0.15) is 75.1 Å². The van der Waals surface area contributed by atoms with Crippen LogP contribution in [0.15, 0.2) is 29.2 Å². The Morgan fingerprint density at radius 3 is 1.92 bits per heavy atom. The first-order valence-electron chi connectivity index (χ1n) is 8.70. The van der Waals surface area contributed by atoms with Crippen LogP contribution >= 0.6 is 0 Å². The molecule has 1 aromatic carbocycles. The fourth-order valence-corrected chi connectivity index (χ4v) is 2.90. The van der Waals surface area contributed by atoms with E-state index in [0.717, 1.165) is 19.3 Å². The minimum Gasteiger partial charge on any atom is -0.462 e. The fraction of sp³-hybridized carbons (Fsp3) is 0.611. The summed E-state index contributed by atoms with van der Waals surface area (Å²) < 4.78 is 35.9. The first-order chi connectivity index (χ1) is 11.4. The van der Waals surface area contributed by atoms with Gasteiger partial charge in [-0.05, 0) is 30.7 Å². The van der Waals surface area contributed by atoms with Crippen LogP contribution in [0.2, 0.25) is 0 Å². The molecule has 1 rings (SSSR count). The van der Waals surface area contributed by atoms with Gasteiger partial charge in [-0.2, -0.15) is 8.42 Å². The molecule has 0 heterocycles. The maximum Gasteiger partial charge on any atom is 0.338 e. The second-order valence-electron chi connectivity index (χ2n) is 5.96. The van der Waals surface area contributed by atoms with Crippen LogP contribution in [0.25, 0.3) is 0 Å². The number of carbonyl (C=O) groups is 1. The topological polar surface area (TPSA) is 80.7 Å². The molecule has 0 aromatic heterocycles. The number of carbonyl (C=O) groups excluding carboxylic acids is 1. The third-order valence-corrected chi connectivity index (χ3v) is 4.74. The Morgan fingerprint density at radius 1 is 0.917 bits per heavy atom. The normalized spacial score (nSPS) is 11.4. The van der Waals surface area contributed by atoms with E-state index in [1.165, 1.54) is 62.8 Å². The highest BCUT2D eigenvalue weighted by atomic mass is 32.2. The van der Waals surface area contributed by atoms with Gasteiger partial charge in [0.05, 0.1) is 17.1 Å². The van der Waals surface area contributed by atoms with Gasteiger partial charge in [0, 0.05) is 0 Å². The third-order valence-electron chi connectivity index (χ3n) is 3.87. The highest BCUT2D eigenvalue weighted by Crippen LogP contribution is 2.12. The lowest BCUT2D eigenvalue weighted by Crippen LogP contribution is -2.07. The molecular formula is C18H28O5S. The second-order valence-corrected chi connectivity index (χ2v) is 7.39. The van der Waals surface area contributed by atoms with Crippen molar-refractivity contribution in [3.05, 3.63) is 29.8 Å². The molecule has 24 heavy (non-hydrogen) atoms. The summed E-state index contributed by atoms with van der Waals surface area (Å²) in [6.45, 7) is 2.58. The zero-order chi connectivity index (χ0) is 17.8. The number of unbranched alkanes of at least 4 members (excludes halogenated alkanes) is 8. The monoisotopic (exact) mass is 356 g/mol. The number of hydrogen-bond donors (Lipinski definition) is 1. The molecule has 0 unspecified atom stereocenters. The Kier molecular flexibility index (Phi) is 9.64. The van der Waals surface area contributed by atoms with Crippen molar-refractivity contribution in [1.82, 2.24) is 0 Å². The van der Waals surface area contributed by atoms with Crippen LogP contribution < -0.4 is 0 Å². The van der Waals surface area contributed by atoms with Crippen molar-refractivity contribution in [3.63, 3.8) is 0 Å². The van der Waals surface area contributed by atoms with E-state index in [-0.39, 0.29) is 10.5 Å². The summed E-state index contributed by atoms with van der Waals surface area (Å²) in [4.78, 5) is 11.6. The predicted octanol–water partition coefficient (Wildman–Crippen LogP) is 4.62. The Hall–Kier alpha value is -1.40. The summed E-state index contributed by atoms with van der Waals surface area (Å²) in [6.07, 6.45) is 10.8. The Morgan fingerprint density at radius 2 is 1.42 bits per heavy atom. The van der Waals surface area contributed by atoms with E-state index in [0.29, 0.717) is 6.61 Å². The van der Waals surface area contributed by atoms with Gasteiger partial charge in [-0.1, -0.05) is 58.3 Å². The Balaban J connectivity index is 2.14. The molecule has 6 heteroatoms. The van der Waals surface area contributed by atoms with E-state index in [1.54, 1.807) is 0 Å². The largest absolute Gasteiger partial charge is 0.462 e. The molecule has 0 aliphatic heterocycles. The average Bonchev–Trinajstić information content (AvgIpc) is 2.55. The van der Waals surface area contributed by atoms with Crippen molar-refractivity contribution >= 4 is 16.1 Å². The molecule has 0 atom stereocenters. The molecule has 0 radical (unpaired) electrons. The smallest absolute Gasteiger partial charge is 0.338 e. The first kappa shape index (κ1) is 20.6. The zero-order valence-electron chi connectivity index (χ0n) is 14.4. The van der Waals surface area contributed by atoms with E-state index in [2.05, 4.69) is 6.92 Å². The zero-order valence-corrected chi connectivity index (χ0v) is 15.2. The van der Waals surface area contributed by atoms with E-state index >= 15 is 0 Å². The quantitative estimate of drug-likeness (QED) is 0.336. The molecule has 0 bridgehead atoms. The highest BCUT2D eigenvalue weighted by molar-refractivity contribution is 7.85. The SMILES string of the molecule is CCCCCCCCCCCOC(=O)c1ccc(S(=O)(=O)O)cc1. The van der Waals surface area contributed by atoms with Gasteiger partial charge in [0.25, 0.3) is 10.1 Å². The van der Waals surface area contributed by atoms with Gasteiger partial charge >= 0.3 is 5.97 Å². The summed E-state index contributed by atoms with van der Waals surface area (Å²) in [5, 5.41) is 0. The molecule has 0 fully saturated rings. The van der Waals surface area contributed by atoms with Gasteiger partial charge in [-0.15, -0.1) is 0 Å². The van der Waals surface area contributed by atoms with E-state index in [4.69, 9.17) is 9.29 Å². The molecule has 0 saturated heterocycles. The maximum atomic E-state index is 11.8. The summed E-state index contributed by atoms with van der Waals surface area (Å²) in [5.74, 6) is -0.476. The lowest BCUT2D eigenvalue weighted by atomic mass is 10.1. The van der Waals surface area contributed by atoms with Crippen LogP contribution in [0, 0.1) is 0 Å². The molecule has 5 nitrogen and oxygen atoms in total. The van der Waals surface area contributed by atoms with Crippen LogP contribution in [-0.2, 0) is 14.9 Å². The Bertz CT molecular complexity index is 578. The molecule has 1 N–H and O–H groups in total. The summed E-state index contributed by atoms with van der Waals surface area (Å²) >= 11 is 0. The van der Waals surface area contributed by atoms with Gasteiger partial charge in [0.15, 0.2) is 0 Å². The maximum absolute atomic E-state index is 11.8. The molecule has 1 aromatic rings. The molecule has 0 aliphatic carbocycles. The standard InChI is InChI=1S/C18H28O5S/c1-2-3-4-5-6-7-8-9-10-15-23-18(19)16-11-13-17(14-12-16)24(20,21)22/h11-14H,2-10,15H2,1H3,(H,20,21,22). The van der Waals surface area contributed by atoms with E-state index in [9.17, 15) is 13.2 Å². The molecule has 0 aliphatic rings. The average molecular weight is 356 g/mol. The van der Waals surface area contributed by atoms with Crippen LogP contribution in [-0.4, -0.2) is 25.5 Å². The second kappa shape index (κ2) is 11.2. The minimum absolute atomic E-state index is 0.238. The van der Waals surface area contributed by atoms with Crippen molar-refractivity contribution in [3.8, 4) is 0 Å². The number of rotatable bonds is 12. The lowest BCUT2D eigenvalue weighted by Gasteiger charge is -2.05. The molecule has 0 amide bonds.